The molecular formula is C26H44. The van der Waals surface area contributed by atoms with Crippen LogP contribution in [0.2, 0.25) is 0 Å². The molecule has 0 heterocycles. The predicted octanol–water partition coefficient (Wildman–Crippen LogP) is 9.09. The summed E-state index contributed by atoms with van der Waals surface area (Å²) in [5.41, 5.74) is 5.41. The molecule has 0 unspecified atom stereocenters. The maximum atomic E-state index is 2.26. The van der Waals surface area contributed by atoms with Crippen LogP contribution in [0.3, 0.4) is 0 Å². The average Bonchev–Trinajstić information content (AvgIpc) is 2.70. The molecule has 0 aliphatic rings. The Bertz CT molecular complexity index is 451. The van der Waals surface area contributed by atoms with Gasteiger partial charge in [0.25, 0.3) is 0 Å². The second-order valence-corrected chi connectivity index (χ2v) is 6.54. The first-order valence-electron chi connectivity index (χ1n) is 10.6. The molecule has 0 fully saturated rings. The topological polar surface area (TPSA) is 0 Å². The van der Waals surface area contributed by atoms with E-state index in [1.54, 1.807) is 0 Å². The summed E-state index contributed by atoms with van der Waals surface area (Å²) in [6.07, 6.45) is 5.28. The lowest BCUT2D eigenvalue weighted by molar-refractivity contribution is 0.886. The van der Waals surface area contributed by atoms with Crippen molar-refractivity contribution < 1.29 is 0 Å². The lowest BCUT2D eigenvalue weighted by Crippen LogP contribution is -1.95. The van der Waals surface area contributed by atoms with Crippen LogP contribution < -0.4 is 0 Å². The molecule has 0 aromatic heterocycles. The summed E-state index contributed by atoms with van der Waals surface area (Å²) < 4.78 is 0. The fourth-order valence-electron chi connectivity index (χ4n) is 1.90. The minimum absolute atomic E-state index is 0.473. The Morgan fingerprint density at radius 1 is 0.538 bits per heavy atom. The van der Waals surface area contributed by atoms with E-state index < -0.39 is 0 Å². The summed E-state index contributed by atoms with van der Waals surface area (Å²) in [6, 6.07) is 17.6. The number of rotatable bonds is 4. The van der Waals surface area contributed by atoms with Gasteiger partial charge in [-0.2, -0.15) is 0 Å². The highest BCUT2D eigenvalue weighted by Gasteiger charge is 2.07. The quantitative estimate of drug-likeness (QED) is 0.512. The molecule has 2 aromatic carbocycles. The van der Waals surface area contributed by atoms with Crippen LogP contribution in [-0.4, -0.2) is 0 Å². The minimum Gasteiger partial charge on any atom is -0.0683 e. The van der Waals surface area contributed by atoms with E-state index in [-0.39, 0.29) is 0 Å². The van der Waals surface area contributed by atoms with Crippen LogP contribution in [0.25, 0.3) is 0 Å². The lowest BCUT2D eigenvalue weighted by Gasteiger charge is -2.12. The maximum Gasteiger partial charge on any atom is 0.00610 e. The fraction of sp³-hybridized carbons (Fsp3) is 0.538. The zero-order chi connectivity index (χ0) is 20.4. The molecule has 0 radical (unpaired) electrons. The van der Waals surface area contributed by atoms with Crippen molar-refractivity contribution in [2.24, 2.45) is 0 Å². The van der Waals surface area contributed by atoms with Gasteiger partial charge >= 0.3 is 0 Å². The van der Waals surface area contributed by atoms with Crippen LogP contribution in [0, 0.1) is 13.8 Å². The van der Waals surface area contributed by atoms with Crippen LogP contribution in [0.1, 0.15) is 102 Å². The van der Waals surface area contributed by atoms with Crippen LogP contribution in [0.5, 0.6) is 0 Å². The lowest BCUT2D eigenvalue weighted by atomic mass is 9.92. The summed E-state index contributed by atoms with van der Waals surface area (Å²) >= 11 is 0. The molecule has 2 aromatic rings. The number of aryl methyl sites for hydroxylation is 2. The van der Waals surface area contributed by atoms with Gasteiger partial charge < -0.3 is 0 Å². The molecule has 2 rings (SSSR count). The van der Waals surface area contributed by atoms with Crippen molar-refractivity contribution >= 4 is 0 Å². The van der Waals surface area contributed by atoms with Crippen molar-refractivity contribution in [3.63, 3.8) is 0 Å². The van der Waals surface area contributed by atoms with Crippen LogP contribution in [-0.2, 0) is 0 Å². The Labute approximate surface area is 165 Å². The van der Waals surface area contributed by atoms with Crippen molar-refractivity contribution in [3.05, 3.63) is 70.8 Å². The summed E-state index contributed by atoms with van der Waals surface area (Å²) in [5, 5.41) is 0. The van der Waals surface area contributed by atoms with Gasteiger partial charge in [0.05, 0.1) is 0 Å². The molecule has 0 aliphatic carbocycles. The van der Waals surface area contributed by atoms with E-state index in [9.17, 15) is 0 Å². The largest absolute Gasteiger partial charge is 0.0683 e. The molecule has 0 nitrogen and oxygen atoms in total. The highest BCUT2D eigenvalue weighted by atomic mass is 14.1. The van der Waals surface area contributed by atoms with Gasteiger partial charge in [0.15, 0.2) is 0 Å². The molecule has 0 spiro atoms. The summed E-state index contributed by atoms with van der Waals surface area (Å²) in [6.45, 7) is 19.2. The Morgan fingerprint density at radius 3 is 0.962 bits per heavy atom. The molecule has 0 heteroatoms. The van der Waals surface area contributed by atoms with Crippen LogP contribution in [0.15, 0.2) is 48.5 Å². The monoisotopic (exact) mass is 356 g/mol. The van der Waals surface area contributed by atoms with Gasteiger partial charge in [-0.25, -0.2) is 0 Å². The van der Waals surface area contributed by atoms with E-state index in [0.29, 0.717) is 5.92 Å². The second kappa shape index (κ2) is 18.2. The number of hydrogen-bond acceptors (Lipinski definition) is 0. The fourth-order valence-corrected chi connectivity index (χ4v) is 1.90. The maximum absolute atomic E-state index is 2.26. The van der Waals surface area contributed by atoms with E-state index in [1.807, 2.05) is 13.8 Å². The molecule has 0 bridgehead atoms. The molecule has 0 amide bonds. The third-order valence-electron chi connectivity index (χ3n) is 4.15. The van der Waals surface area contributed by atoms with Crippen LogP contribution in [0.4, 0.5) is 0 Å². The Hall–Kier alpha value is -1.56. The van der Waals surface area contributed by atoms with Gasteiger partial charge in [0, 0.05) is 5.92 Å². The predicted molar refractivity (Wildman–Crippen MR) is 122 cm³/mol. The van der Waals surface area contributed by atoms with E-state index in [2.05, 4.69) is 97.0 Å². The van der Waals surface area contributed by atoms with Crippen molar-refractivity contribution in [3.8, 4) is 0 Å². The molecular weight excluding hydrogens is 312 g/mol. The van der Waals surface area contributed by atoms with Gasteiger partial charge in [0.1, 0.15) is 0 Å². The van der Waals surface area contributed by atoms with Crippen molar-refractivity contribution in [2.75, 3.05) is 0 Å². The summed E-state index contributed by atoms with van der Waals surface area (Å²) in [7, 11) is 0. The van der Waals surface area contributed by atoms with E-state index in [4.69, 9.17) is 0 Å². The first-order valence-corrected chi connectivity index (χ1v) is 10.6. The smallest absolute Gasteiger partial charge is 0.00610 e. The number of benzene rings is 2. The highest BCUT2D eigenvalue weighted by molar-refractivity contribution is 5.34. The molecule has 0 saturated carbocycles. The Kier molecular flexibility index (Phi) is 18.7. The molecule has 0 aliphatic heterocycles. The van der Waals surface area contributed by atoms with Gasteiger partial charge in [-0.1, -0.05) is 134 Å². The summed E-state index contributed by atoms with van der Waals surface area (Å²) in [4.78, 5) is 0. The van der Waals surface area contributed by atoms with E-state index in [1.165, 1.54) is 47.9 Å². The van der Waals surface area contributed by atoms with Gasteiger partial charge in [0.2, 0.25) is 0 Å². The Balaban J connectivity index is 0. The molecule has 0 N–H and O–H groups in total. The van der Waals surface area contributed by atoms with Gasteiger partial charge in [-0.05, 0) is 25.0 Å². The van der Waals surface area contributed by atoms with Crippen molar-refractivity contribution in [1.82, 2.24) is 0 Å². The van der Waals surface area contributed by atoms with Crippen molar-refractivity contribution in [2.45, 2.75) is 93.9 Å². The van der Waals surface area contributed by atoms with Gasteiger partial charge in [-0.3, -0.25) is 0 Å². The van der Waals surface area contributed by atoms with Crippen LogP contribution >= 0.6 is 0 Å². The van der Waals surface area contributed by atoms with Gasteiger partial charge in [-0.15, -0.1) is 0 Å². The molecule has 0 atom stereocenters. The molecule has 26 heavy (non-hydrogen) atoms. The molecule has 148 valence electrons. The second-order valence-electron chi connectivity index (χ2n) is 6.54. The van der Waals surface area contributed by atoms with E-state index >= 15 is 0 Å². The highest BCUT2D eigenvalue weighted by Crippen LogP contribution is 2.24. The number of hydrogen-bond donors (Lipinski definition) is 0. The molecule has 0 saturated heterocycles. The first kappa shape index (κ1) is 26.7. The Morgan fingerprint density at radius 2 is 0.769 bits per heavy atom. The SMILES string of the molecule is CC.CCCC.CCCC.Cc1ccc(C(C)c2ccc(C)cc2)cc1. The zero-order valence-corrected chi connectivity index (χ0v) is 19.0. The van der Waals surface area contributed by atoms with E-state index in [0.717, 1.165) is 0 Å². The average molecular weight is 357 g/mol. The summed E-state index contributed by atoms with van der Waals surface area (Å²) in [5.74, 6) is 0.473. The number of unbranched alkanes of at least 4 members (excludes halogenated alkanes) is 2. The third kappa shape index (κ3) is 12.8. The normalized spacial score (nSPS) is 9.15. The standard InChI is InChI=1S/C16H18.2C4H10.C2H6/c1-12-4-8-15(9-5-12)14(3)16-10-6-13(2)7-11-16;2*1-3-4-2;1-2/h4-11,14H,1-3H3;2*3-4H2,1-2H3;1-2H3. The minimum atomic E-state index is 0.473. The zero-order valence-electron chi connectivity index (χ0n) is 19.0. The van der Waals surface area contributed by atoms with Crippen molar-refractivity contribution in [1.29, 1.82) is 0 Å². The third-order valence-corrected chi connectivity index (χ3v) is 4.15. The first-order chi connectivity index (χ1) is 12.5.